The Balaban J connectivity index is 1.63. The third-order valence-corrected chi connectivity index (χ3v) is 4.59. The van der Waals surface area contributed by atoms with Crippen molar-refractivity contribution in [1.82, 2.24) is 4.90 Å². The minimum Gasteiger partial charge on any atom is -0.368 e. The highest BCUT2D eigenvalue weighted by atomic mass is 19.1. The molecule has 2 aromatic rings. The molecule has 3 rings (SSSR count). The summed E-state index contributed by atoms with van der Waals surface area (Å²) < 4.78 is 13.2. The number of anilines is 2. The Kier molecular flexibility index (Phi) is 4.93. The molecule has 2 aromatic carbocycles. The summed E-state index contributed by atoms with van der Waals surface area (Å²) >= 11 is 0. The zero-order chi connectivity index (χ0) is 18.0. The fourth-order valence-corrected chi connectivity index (χ4v) is 3.57. The van der Waals surface area contributed by atoms with Crippen LogP contribution in [-0.2, 0) is 0 Å². The molecule has 0 unspecified atom stereocenters. The van der Waals surface area contributed by atoms with Crippen LogP contribution in [0.1, 0.15) is 16.7 Å². The van der Waals surface area contributed by atoms with Crippen molar-refractivity contribution in [2.75, 3.05) is 36.4 Å². The molecular formula is C20H24FN3O. The molecule has 0 saturated carbocycles. The summed E-state index contributed by atoms with van der Waals surface area (Å²) in [7, 11) is 0. The standard InChI is InChI=1S/C20H24FN3O/c1-14-11-15(2)19(16(3)12-14)23-7-9-24(10-8-23)20(25)22-18-6-4-5-17(21)13-18/h4-6,11-13H,7-10H2,1-3H3,(H,22,25). The second kappa shape index (κ2) is 7.13. The van der Waals surface area contributed by atoms with Gasteiger partial charge in [0.2, 0.25) is 0 Å². The van der Waals surface area contributed by atoms with Crippen LogP contribution in [0, 0.1) is 26.6 Å². The fourth-order valence-electron chi connectivity index (χ4n) is 3.57. The number of rotatable bonds is 2. The van der Waals surface area contributed by atoms with Crippen LogP contribution in [0.4, 0.5) is 20.6 Å². The van der Waals surface area contributed by atoms with E-state index >= 15 is 0 Å². The van der Waals surface area contributed by atoms with Gasteiger partial charge in [-0.2, -0.15) is 0 Å². The fraction of sp³-hybridized carbons (Fsp3) is 0.350. The molecule has 0 aliphatic carbocycles. The molecule has 1 N–H and O–H groups in total. The SMILES string of the molecule is Cc1cc(C)c(N2CCN(C(=O)Nc3cccc(F)c3)CC2)c(C)c1. The van der Waals surface area contributed by atoms with Gasteiger partial charge in [-0.15, -0.1) is 0 Å². The summed E-state index contributed by atoms with van der Waals surface area (Å²) in [6, 6.07) is 10.2. The van der Waals surface area contributed by atoms with Gasteiger partial charge in [-0.1, -0.05) is 23.8 Å². The number of carbonyl (C=O) groups is 1. The molecule has 0 aromatic heterocycles. The van der Waals surface area contributed by atoms with Crippen molar-refractivity contribution in [3.63, 3.8) is 0 Å². The van der Waals surface area contributed by atoms with Crippen LogP contribution < -0.4 is 10.2 Å². The molecule has 1 aliphatic rings. The van der Waals surface area contributed by atoms with Crippen molar-refractivity contribution in [2.24, 2.45) is 0 Å². The normalized spacial score (nSPS) is 14.6. The summed E-state index contributed by atoms with van der Waals surface area (Å²) in [5.41, 5.74) is 5.57. The molecule has 5 heteroatoms. The van der Waals surface area contributed by atoms with Crippen molar-refractivity contribution in [3.8, 4) is 0 Å². The largest absolute Gasteiger partial charge is 0.368 e. The first-order valence-electron chi connectivity index (χ1n) is 8.58. The molecule has 0 atom stereocenters. The third kappa shape index (κ3) is 3.92. The summed E-state index contributed by atoms with van der Waals surface area (Å²) in [6.45, 7) is 9.26. The lowest BCUT2D eigenvalue weighted by Crippen LogP contribution is -2.50. The predicted molar refractivity (Wildman–Crippen MR) is 99.9 cm³/mol. The molecule has 0 spiro atoms. The Bertz CT molecular complexity index is 759. The first-order valence-corrected chi connectivity index (χ1v) is 8.58. The van der Waals surface area contributed by atoms with Crippen molar-refractivity contribution in [3.05, 3.63) is 58.9 Å². The van der Waals surface area contributed by atoms with Crippen molar-refractivity contribution in [2.45, 2.75) is 20.8 Å². The maximum Gasteiger partial charge on any atom is 0.321 e. The minimum absolute atomic E-state index is 0.178. The molecule has 2 amide bonds. The topological polar surface area (TPSA) is 35.6 Å². The van der Waals surface area contributed by atoms with Crippen molar-refractivity contribution < 1.29 is 9.18 Å². The number of halogens is 1. The van der Waals surface area contributed by atoms with Gasteiger partial charge in [0.15, 0.2) is 0 Å². The van der Waals surface area contributed by atoms with Crippen LogP contribution in [-0.4, -0.2) is 37.1 Å². The Morgan fingerprint density at radius 2 is 1.64 bits per heavy atom. The van der Waals surface area contributed by atoms with Crippen molar-refractivity contribution >= 4 is 17.4 Å². The number of hydrogen-bond donors (Lipinski definition) is 1. The Morgan fingerprint density at radius 3 is 2.24 bits per heavy atom. The van der Waals surface area contributed by atoms with E-state index in [0.717, 1.165) is 13.1 Å². The molecule has 0 bridgehead atoms. The van der Waals surface area contributed by atoms with Gasteiger partial charge in [0.25, 0.3) is 0 Å². The van der Waals surface area contributed by atoms with E-state index < -0.39 is 0 Å². The van der Waals surface area contributed by atoms with Crippen LogP contribution in [0.5, 0.6) is 0 Å². The van der Waals surface area contributed by atoms with E-state index in [9.17, 15) is 9.18 Å². The van der Waals surface area contributed by atoms with E-state index in [1.807, 2.05) is 0 Å². The van der Waals surface area contributed by atoms with Gasteiger partial charge in [-0.05, 0) is 50.1 Å². The monoisotopic (exact) mass is 341 g/mol. The average molecular weight is 341 g/mol. The van der Waals surface area contributed by atoms with Crippen LogP contribution in [0.2, 0.25) is 0 Å². The molecule has 1 saturated heterocycles. The molecule has 132 valence electrons. The number of benzene rings is 2. The highest BCUT2D eigenvalue weighted by Gasteiger charge is 2.23. The van der Waals surface area contributed by atoms with Gasteiger partial charge >= 0.3 is 6.03 Å². The number of aryl methyl sites for hydroxylation is 3. The zero-order valence-corrected chi connectivity index (χ0v) is 15.0. The van der Waals surface area contributed by atoms with Gasteiger partial charge in [-0.3, -0.25) is 0 Å². The van der Waals surface area contributed by atoms with Gasteiger partial charge in [-0.25, -0.2) is 9.18 Å². The summed E-state index contributed by atoms with van der Waals surface area (Å²) in [4.78, 5) is 16.5. The molecule has 25 heavy (non-hydrogen) atoms. The quantitative estimate of drug-likeness (QED) is 0.892. The molecule has 4 nitrogen and oxygen atoms in total. The number of hydrogen-bond acceptors (Lipinski definition) is 2. The summed E-state index contributed by atoms with van der Waals surface area (Å²) in [5, 5.41) is 2.77. The highest BCUT2D eigenvalue weighted by molar-refractivity contribution is 5.89. The summed E-state index contributed by atoms with van der Waals surface area (Å²) in [6.07, 6.45) is 0. The van der Waals surface area contributed by atoms with Crippen LogP contribution in [0.3, 0.4) is 0 Å². The smallest absolute Gasteiger partial charge is 0.321 e. The van der Waals surface area contributed by atoms with E-state index in [1.54, 1.807) is 17.0 Å². The molecule has 1 fully saturated rings. The van der Waals surface area contributed by atoms with Crippen LogP contribution in [0.25, 0.3) is 0 Å². The summed E-state index contributed by atoms with van der Waals surface area (Å²) in [5.74, 6) is -0.354. The number of nitrogens with one attached hydrogen (secondary N) is 1. The second-order valence-electron chi connectivity index (χ2n) is 6.66. The molecule has 1 aliphatic heterocycles. The number of piperazine rings is 1. The van der Waals surface area contributed by atoms with Crippen LogP contribution in [0.15, 0.2) is 36.4 Å². The Morgan fingerprint density at radius 1 is 1.00 bits per heavy atom. The highest BCUT2D eigenvalue weighted by Crippen LogP contribution is 2.27. The van der Waals surface area contributed by atoms with Gasteiger partial charge in [0.05, 0.1) is 0 Å². The third-order valence-electron chi connectivity index (χ3n) is 4.59. The number of urea groups is 1. The number of amides is 2. The second-order valence-corrected chi connectivity index (χ2v) is 6.66. The van der Waals surface area contributed by atoms with Gasteiger partial charge < -0.3 is 15.1 Å². The lowest BCUT2D eigenvalue weighted by molar-refractivity contribution is 0.208. The van der Waals surface area contributed by atoms with Gasteiger partial charge in [0.1, 0.15) is 5.82 Å². The molecule has 0 radical (unpaired) electrons. The van der Waals surface area contributed by atoms with E-state index in [2.05, 4.69) is 43.1 Å². The first-order chi connectivity index (χ1) is 11.9. The van der Waals surface area contributed by atoms with E-state index in [0.29, 0.717) is 18.8 Å². The molecule has 1 heterocycles. The Hall–Kier alpha value is -2.56. The Labute approximate surface area is 148 Å². The van der Waals surface area contributed by atoms with E-state index in [-0.39, 0.29) is 11.8 Å². The lowest BCUT2D eigenvalue weighted by Gasteiger charge is -2.37. The minimum atomic E-state index is -0.354. The van der Waals surface area contributed by atoms with E-state index in [1.165, 1.54) is 34.5 Å². The van der Waals surface area contributed by atoms with E-state index in [4.69, 9.17) is 0 Å². The van der Waals surface area contributed by atoms with Crippen LogP contribution >= 0.6 is 0 Å². The maximum atomic E-state index is 13.2. The van der Waals surface area contributed by atoms with Gasteiger partial charge in [0, 0.05) is 37.6 Å². The lowest BCUT2D eigenvalue weighted by atomic mass is 10.0. The molecular weight excluding hydrogens is 317 g/mol. The van der Waals surface area contributed by atoms with Crippen molar-refractivity contribution in [1.29, 1.82) is 0 Å². The zero-order valence-electron chi connectivity index (χ0n) is 15.0. The first kappa shape index (κ1) is 17.3. The predicted octanol–water partition coefficient (Wildman–Crippen LogP) is 4.11. The average Bonchev–Trinajstić information content (AvgIpc) is 2.54. The number of carbonyl (C=O) groups excluding carboxylic acids is 1. The maximum absolute atomic E-state index is 13.2. The number of nitrogens with zero attached hydrogens (tertiary/aromatic N) is 2.